The minimum atomic E-state index is -1.50. The summed E-state index contributed by atoms with van der Waals surface area (Å²) in [6, 6.07) is 3.34. The van der Waals surface area contributed by atoms with Crippen LogP contribution in [0.5, 0.6) is 5.75 Å². The number of aromatic carboxylic acids is 1. The number of nitro groups is 1. The molecule has 0 aromatic heterocycles. The zero-order valence-corrected chi connectivity index (χ0v) is 7.93. The van der Waals surface area contributed by atoms with Crippen LogP contribution in [0.3, 0.4) is 0 Å². The number of rotatable bonds is 4. The van der Waals surface area contributed by atoms with Crippen LogP contribution in [0.4, 0.5) is 5.69 Å². The topological polar surface area (TPSA) is 92.5 Å². The Balaban J connectivity index is 3.20. The zero-order chi connectivity index (χ0) is 11.4. The molecule has 0 radical (unpaired) electrons. The molecule has 0 fully saturated rings. The second kappa shape index (κ2) is 4.41. The van der Waals surface area contributed by atoms with Crippen molar-refractivity contribution in [3.8, 4) is 5.75 Å². The Labute approximate surface area is 85.2 Å². The third-order valence-electron chi connectivity index (χ3n) is 1.69. The number of non-ortho nitro benzene ring substituents is 1. The standard InChI is InChI=1S/C9H9NO5/c1-2-15-8-4-3-6(10(13)14)5-7(8)9(11)12/h3-5H,2H2,1H3,(H,11,12)/p-1. The van der Waals surface area contributed by atoms with E-state index in [-0.39, 0.29) is 23.6 Å². The fraction of sp³-hybridized carbons (Fsp3) is 0.222. The maximum atomic E-state index is 10.7. The lowest BCUT2D eigenvalue weighted by atomic mass is 10.2. The lowest BCUT2D eigenvalue weighted by Crippen LogP contribution is -2.23. The molecule has 6 nitrogen and oxygen atoms in total. The van der Waals surface area contributed by atoms with Crippen molar-refractivity contribution in [2.45, 2.75) is 6.92 Å². The van der Waals surface area contributed by atoms with E-state index in [0.717, 1.165) is 6.07 Å². The van der Waals surface area contributed by atoms with Gasteiger partial charge in [-0.15, -0.1) is 0 Å². The molecule has 0 saturated heterocycles. The van der Waals surface area contributed by atoms with E-state index in [1.165, 1.54) is 12.1 Å². The predicted molar refractivity (Wildman–Crippen MR) is 48.6 cm³/mol. The second-order valence-electron chi connectivity index (χ2n) is 2.66. The Morgan fingerprint density at radius 1 is 1.53 bits per heavy atom. The quantitative estimate of drug-likeness (QED) is 0.528. The number of hydrogen-bond acceptors (Lipinski definition) is 5. The second-order valence-corrected chi connectivity index (χ2v) is 2.66. The number of nitrogens with zero attached hydrogens (tertiary/aromatic N) is 1. The highest BCUT2D eigenvalue weighted by molar-refractivity contribution is 5.90. The number of carboxylic acid groups (broad SMARTS) is 1. The Kier molecular flexibility index (Phi) is 3.22. The van der Waals surface area contributed by atoms with Crippen molar-refractivity contribution >= 4 is 11.7 Å². The normalized spacial score (nSPS) is 9.67. The van der Waals surface area contributed by atoms with Crippen molar-refractivity contribution in [1.82, 2.24) is 0 Å². The highest BCUT2D eigenvalue weighted by atomic mass is 16.6. The number of carbonyl (C=O) groups is 1. The van der Waals surface area contributed by atoms with Gasteiger partial charge in [-0.1, -0.05) is 0 Å². The minimum Gasteiger partial charge on any atom is -0.545 e. The minimum absolute atomic E-state index is 0.0723. The summed E-state index contributed by atoms with van der Waals surface area (Å²) >= 11 is 0. The summed E-state index contributed by atoms with van der Waals surface area (Å²) in [5.41, 5.74) is -0.622. The van der Waals surface area contributed by atoms with Crippen molar-refractivity contribution < 1.29 is 19.6 Å². The molecule has 80 valence electrons. The van der Waals surface area contributed by atoms with Gasteiger partial charge in [0.25, 0.3) is 5.69 Å². The molecular weight excluding hydrogens is 202 g/mol. The molecule has 0 aliphatic carbocycles. The van der Waals surface area contributed by atoms with Crippen LogP contribution in [0.25, 0.3) is 0 Å². The van der Waals surface area contributed by atoms with Gasteiger partial charge >= 0.3 is 0 Å². The number of ether oxygens (including phenoxy) is 1. The van der Waals surface area contributed by atoms with Gasteiger partial charge in [0, 0.05) is 17.7 Å². The zero-order valence-electron chi connectivity index (χ0n) is 7.93. The van der Waals surface area contributed by atoms with Crippen molar-refractivity contribution in [2.75, 3.05) is 6.61 Å². The van der Waals surface area contributed by atoms with Gasteiger partial charge in [-0.05, 0) is 13.0 Å². The van der Waals surface area contributed by atoms with Crippen molar-refractivity contribution in [2.24, 2.45) is 0 Å². The molecule has 6 heteroatoms. The molecule has 1 aromatic carbocycles. The van der Waals surface area contributed by atoms with E-state index < -0.39 is 10.9 Å². The molecule has 0 aliphatic heterocycles. The number of carboxylic acids is 1. The Hall–Kier alpha value is -2.11. The van der Waals surface area contributed by atoms with E-state index in [2.05, 4.69) is 0 Å². The molecule has 0 unspecified atom stereocenters. The van der Waals surface area contributed by atoms with Gasteiger partial charge < -0.3 is 14.6 Å². The maximum absolute atomic E-state index is 10.7. The van der Waals surface area contributed by atoms with E-state index in [1.54, 1.807) is 6.92 Å². The molecule has 0 aliphatic rings. The summed E-state index contributed by atoms with van der Waals surface area (Å²) in [5, 5.41) is 21.1. The summed E-state index contributed by atoms with van der Waals surface area (Å²) in [5.74, 6) is -1.43. The van der Waals surface area contributed by atoms with Gasteiger partial charge in [-0.25, -0.2) is 0 Å². The van der Waals surface area contributed by atoms with E-state index in [1.807, 2.05) is 0 Å². The monoisotopic (exact) mass is 210 g/mol. The van der Waals surface area contributed by atoms with E-state index in [4.69, 9.17) is 4.74 Å². The van der Waals surface area contributed by atoms with Crippen LogP contribution in [0.1, 0.15) is 17.3 Å². The Morgan fingerprint density at radius 2 is 2.20 bits per heavy atom. The van der Waals surface area contributed by atoms with E-state index >= 15 is 0 Å². The van der Waals surface area contributed by atoms with Gasteiger partial charge in [0.15, 0.2) is 0 Å². The number of carbonyl (C=O) groups excluding carboxylic acids is 1. The molecule has 0 saturated carbocycles. The lowest BCUT2D eigenvalue weighted by molar-refractivity contribution is -0.385. The molecule has 0 amide bonds. The summed E-state index contributed by atoms with van der Waals surface area (Å²) in [6.45, 7) is 1.96. The average molecular weight is 210 g/mol. The van der Waals surface area contributed by atoms with Gasteiger partial charge in [-0.2, -0.15) is 0 Å². The van der Waals surface area contributed by atoms with E-state index in [9.17, 15) is 20.0 Å². The van der Waals surface area contributed by atoms with Crippen LogP contribution < -0.4 is 9.84 Å². The van der Waals surface area contributed by atoms with Gasteiger partial charge in [0.1, 0.15) is 5.75 Å². The molecule has 15 heavy (non-hydrogen) atoms. The summed E-state index contributed by atoms with van der Waals surface area (Å²) < 4.78 is 4.99. The molecule has 0 atom stereocenters. The van der Waals surface area contributed by atoms with Crippen LogP contribution in [-0.4, -0.2) is 17.5 Å². The largest absolute Gasteiger partial charge is 0.545 e. The fourth-order valence-corrected chi connectivity index (χ4v) is 1.07. The van der Waals surface area contributed by atoms with Crippen LogP contribution in [0.15, 0.2) is 18.2 Å². The fourth-order valence-electron chi connectivity index (χ4n) is 1.07. The maximum Gasteiger partial charge on any atom is 0.270 e. The third-order valence-corrected chi connectivity index (χ3v) is 1.69. The average Bonchev–Trinajstić information content (AvgIpc) is 2.18. The molecule has 0 spiro atoms. The number of nitro benzene ring substituents is 1. The lowest BCUT2D eigenvalue weighted by Gasteiger charge is -2.09. The predicted octanol–water partition coefficient (Wildman–Crippen LogP) is 0.357. The number of hydrogen-bond donors (Lipinski definition) is 0. The molecule has 0 bridgehead atoms. The first-order chi connectivity index (χ1) is 7.06. The molecule has 1 rings (SSSR count). The van der Waals surface area contributed by atoms with Gasteiger partial charge in [0.05, 0.1) is 17.5 Å². The molecular formula is C9H8NO5-. The van der Waals surface area contributed by atoms with Gasteiger partial charge in [-0.3, -0.25) is 10.1 Å². The van der Waals surface area contributed by atoms with Crippen LogP contribution in [0.2, 0.25) is 0 Å². The highest BCUT2D eigenvalue weighted by Crippen LogP contribution is 2.23. The molecule has 1 aromatic rings. The molecule has 0 heterocycles. The highest BCUT2D eigenvalue weighted by Gasteiger charge is 2.11. The third kappa shape index (κ3) is 2.43. The SMILES string of the molecule is CCOc1ccc([N+](=O)[O-])cc1C(=O)[O-]. The van der Waals surface area contributed by atoms with Crippen molar-refractivity contribution in [3.63, 3.8) is 0 Å². The summed E-state index contributed by atoms with van der Waals surface area (Å²) in [7, 11) is 0. The first-order valence-corrected chi connectivity index (χ1v) is 4.18. The van der Waals surface area contributed by atoms with E-state index in [0.29, 0.717) is 0 Å². The van der Waals surface area contributed by atoms with Crippen molar-refractivity contribution in [3.05, 3.63) is 33.9 Å². The van der Waals surface area contributed by atoms with Crippen LogP contribution >= 0.6 is 0 Å². The summed E-state index contributed by atoms with van der Waals surface area (Å²) in [4.78, 5) is 20.4. The summed E-state index contributed by atoms with van der Waals surface area (Å²) in [6.07, 6.45) is 0. The van der Waals surface area contributed by atoms with Crippen molar-refractivity contribution in [1.29, 1.82) is 0 Å². The number of benzene rings is 1. The van der Waals surface area contributed by atoms with Crippen LogP contribution in [-0.2, 0) is 0 Å². The Morgan fingerprint density at radius 3 is 2.67 bits per heavy atom. The first kappa shape index (κ1) is 11.0. The van der Waals surface area contributed by atoms with Gasteiger partial charge in [0.2, 0.25) is 0 Å². The first-order valence-electron chi connectivity index (χ1n) is 4.18. The smallest absolute Gasteiger partial charge is 0.270 e. The molecule has 0 N–H and O–H groups in total. The van der Waals surface area contributed by atoms with Crippen LogP contribution in [0, 0.1) is 10.1 Å². The Bertz CT molecular complexity index is 401.